The molecule has 3 atom stereocenters. The van der Waals surface area contributed by atoms with Gasteiger partial charge in [-0.05, 0) is 47.8 Å². The first-order valence-corrected chi connectivity index (χ1v) is 10.2. The van der Waals surface area contributed by atoms with Crippen LogP contribution in [0.3, 0.4) is 0 Å². The molecule has 4 heteroatoms. The molecule has 0 amide bonds. The van der Waals surface area contributed by atoms with E-state index in [1.165, 1.54) is 0 Å². The van der Waals surface area contributed by atoms with Crippen molar-refractivity contribution in [2.75, 3.05) is 5.75 Å². The molecular weight excluding hydrogens is 296 g/mol. The lowest BCUT2D eigenvalue weighted by Gasteiger charge is -2.30. The van der Waals surface area contributed by atoms with E-state index in [4.69, 9.17) is 0 Å². The van der Waals surface area contributed by atoms with Gasteiger partial charge in [-0.15, -0.1) is 0 Å². The topological polar surface area (TPSA) is 54.4 Å². The van der Waals surface area contributed by atoms with E-state index in [1.54, 1.807) is 0 Å². The lowest BCUT2D eigenvalue weighted by Crippen LogP contribution is -2.26. The third kappa shape index (κ3) is 12.5. The average Bonchev–Trinajstić information content (AvgIpc) is 2.17. The van der Waals surface area contributed by atoms with E-state index in [1.807, 2.05) is 0 Å². The second kappa shape index (κ2) is 8.14. The predicted octanol–water partition coefficient (Wildman–Crippen LogP) is 5.42. The lowest BCUT2D eigenvalue weighted by molar-refractivity contribution is 0.221. The van der Waals surface area contributed by atoms with E-state index in [0.29, 0.717) is 17.3 Å². The normalized spacial score (nSPS) is 18.0. The van der Waals surface area contributed by atoms with Crippen molar-refractivity contribution in [1.29, 1.82) is 0 Å². The maximum atomic E-state index is 11.3. The zero-order valence-electron chi connectivity index (χ0n) is 15.9. The SMILES string of the molecule is CC(CCC(CS(=O)(=O)O)C(C)CC(C)(C)C)CC(C)(C)C. The van der Waals surface area contributed by atoms with Crippen molar-refractivity contribution in [2.24, 2.45) is 28.6 Å². The van der Waals surface area contributed by atoms with Crippen molar-refractivity contribution in [3.05, 3.63) is 0 Å². The Kier molecular flexibility index (Phi) is 8.11. The largest absolute Gasteiger partial charge is 0.286 e. The van der Waals surface area contributed by atoms with Crippen LogP contribution in [0.2, 0.25) is 0 Å². The van der Waals surface area contributed by atoms with Gasteiger partial charge in [0.15, 0.2) is 0 Å². The smallest absolute Gasteiger partial charge is 0.265 e. The summed E-state index contributed by atoms with van der Waals surface area (Å²) in [6.07, 6.45) is 4.00. The second-order valence-electron chi connectivity index (χ2n) is 9.70. The van der Waals surface area contributed by atoms with Crippen LogP contribution >= 0.6 is 0 Å². The molecule has 0 radical (unpaired) electrons. The van der Waals surface area contributed by atoms with Crippen LogP contribution < -0.4 is 0 Å². The van der Waals surface area contributed by atoms with Crippen LogP contribution in [0.4, 0.5) is 0 Å². The summed E-state index contributed by atoms with van der Waals surface area (Å²) in [7, 11) is -3.91. The van der Waals surface area contributed by atoms with E-state index in [0.717, 1.165) is 25.7 Å². The Balaban J connectivity index is 4.74. The van der Waals surface area contributed by atoms with Crippen LogP contribution in [0.5, 0.6) is 0 Å². The first kappa shape index (κ1) is 21.9. The van der Waals surface area contributed by atoms with Crippen molar-refractivity contribution in [1.82, 2.24) is 0 Å². The first-order chi connectivity index (χ1) is 9.59. The Morgan fingerprint density at radius 1 is 0.864 bits per heavy atom. The van der Waals surface area contributed by atoms with Crippen LogP contribution in [-0.2, 0) is 10.1 Å². The molecular formula is C18H38O3S. The molecule has 3 unspecified atom stereocenters. The summed E-state index contributed by atoms with van der Waals surface area (Å²) in [4.78, 5) is 0. The molecule has 1 N–H and O–H groups in total. The highest BCUT2D eigenvalue weighted by molar-refractivity contribution is 7.85. The van der Waals surface area contributed by atoms with Gasteiger partial charge in [0.2, 0.25) is 0 Å². The second-order valence-corrected chi connectivity index (χ2v) is 11.2. The third-order valence-corrected chi connectivity index (χ3v) is 5.00. The van der Waals surface area contributed by atoms with Crippen LogP contribution in [0.15, 0.2) is 0 Å². The first-order valence-electron chi connectivity index (χ1n) is 8.54. The maximum Gasteiger partial charge on any atom is 0.265 e. The standard InChI is InChI=1S/C18H38O3S/c1-14(11-17(3,4)5)9-10-16(13-22(19,20)21)15(2)12-18(6,7)8/h14-16H,9-13H2,1-8H3,(H,19,20,21). The molecule has 0 saturated heterocycles. The summed E-state index contributed by atoms with van der Waals surface area (Å²) in [6.45, 7) is 17.6. The molecule has 0 aromatic heterocycles. The number of hydrogen-bond acceptors (Lipinski definition) is 2. The molecule has 0 aliphatic heterocycles. The third-order valence-electron chi connectivity index (χ3n) is 4.15. The fourth-order valence-corrected chi connectivity index (χ4v) is 4.62. The Bertz CT molecular complexity index is 413. The summed E-state index contributed by atoms with van der Waals surface area (Å²) >= 11 is 0. The molecule has 0 spiro atoms. The predicted molar refractivity (Wildman–Crippen MR) is 95.6 cm³/mol. The van der Waals surface area contributed by atoms with Crippen LogP contribution in [-0.4, -0.2) is 18.7 Å². The summed E-state index contributed by atoms with van der Waals surface area (Å²) < 4.78 is 31.9. The van der Waals surface area contributed by atoms with Gasteiger partial charge in [0.25, 0.3) is 10.1 Å². The number of hydrogen-bond donors (Lipinski definition) is 1. The zero-order valence-corrected chi connectivity index (χ0v) is 16.8. The minimum absolute atomic E-state index is 0.0386. The van der Waals surface area contributed by atoms with Crippen LogP contribution in [0.25, 0.3) is 0 Å². The van der Waals surface area contributed by atoms with Crippen molar-refractivity contribution in [2.45, 2.75) is 81.1 Å². The molecule has 0 rings (SSSR count). The Labute approximate surface area is 139 Å². The molecule has 134 valence electrons. The average molecular weight is 335 g/mol. The molecule has 0 saturated carbocycles. The van der Waals surface area contributed by atoms with E-state index < -0.39 is 10.1 Å². The highest BCUT2D eigenvalue weighted by atomic mass is 32.2. The van der Waals surface area contributed by atoms with Crippen molar-refractivity contribution in [3.8, 4) is 0 Å². The summed E-state index contributed by atoms with van der Waals surface area (Å²) in [5, 5.41) is 0. The van der Waals surface area contributed by atoms with E-state index in [-0.39, 0.29) is 17.1 Å². The van der Waals surface area contributed by atoms with Crippen molar-refractivity contribution < 1.29 is 13.0 Å². The van der Waals surface area contributed by atoms with Gasteiger partial charge in [-0.25, -0.2) is 0 Å². The molecule has 22 heavy (non-hydrogen) atoms. The Morgan fingerprint density at radius 3 is 1.68 bits per heavy atom. The van der Waals surface area contributed by atoms with Gasteiger partial charge < -0.3 is 0 Å². The molecule has 0 bridgehead atoms. The summed E-state index contributed by atoms with van der Waals surface area (Å²) in [5.41, 5.74) is 0.475. The number of rotatable bonds is 8. The molecule has 0 aromatic rings. The molecule has 0 aliphatic rings. The Morgan fingerprint density at radius 2 is 1.32 bits per heavy atom. The molecule has 0 aliphatic carbocycles. The van der Waals surface area contributed by atoms with E-state index >= 15 is 0 Å². The zero-order chi connectivity index (χ0) is 17.8. The minimum atomic E-state index is -3.91. The summed E-state index contributed by atoms with van der Waals surface area (Å²) in [5.74, 6) is 0.804. The fourth-order valence-electron chi connectivity index (χ4n) is 3.58. The van der Waals surface area contributed by atoms with Gasteiger partial charge in [-0.2, -0.15) is 8.42 Å². The van der Waals surface area contributed by atoms with Crippen LogP contribution in [0.1, 0.15) is 81.1 Å². The molecule has 0 aromatic carbocycles. The van der Waals surface area contributed by atoms with Gasteiger partial charge in [0.1, 0.15) is 0 Å². The van der Waals surface area contributed by atoms with Crippen LogP contribution in [0, 0.1) is 28.6 Å². The fraction of sp³-hybridized carbons (Fsp3) is 1.00. The quantitative estimate of drug-likeness (QED) is 0.603. The van der Waals surface area contributed by atoms with Gasteiger partial charge in [0, 0.05) is 0 Å². The lowest BCUT2D eigenvalue weighted by atomic mass is 9.77. The van der Waals surface area contributed by atoms with E-state index in [9.17, 15) is 13.0 Å². The molecule has 0 fully saturated rings. The van der Waals surface area contributed by atoms with Gasteiger partial charge in [0.05, 0.1) is 5.75 Å². The Hall–Kier alpha value is -0.0900. The van der Waals surface area contributed by atoms with Crippen molar-refractivity contribution >= 4 is 10.1 Å². The summed E-state index contributed by atoms with van der Waals surface area (Å²) in [6, 6.07) is 0. The minimum Gasteiger partial charge on any atom is -0.286 e. The van der Waals surface area contributed by atoms with Gasteiger partial charge in [-0.1, -0.05) is 61.8 Å². The van der Waals surface area contributed by atoms with E-state index in [2.05, 4.69) is 55.4 Å². The highest BCUT2D eigenvalue weighted by Gasteiger charge is 2.27. The highest BCUT2D eigenvalue weighted by Crippen LogP contribution is 2.34. The monoisotopic (exact) mass is 334 g/mol. The molecule has 0 heterocycles. The maximum absolute atomic E-state index is 11.3. The van der Waals surface area contributed by atoms with Crippen molar-refractivity contribution in [3.63, 3.8) is 0 Å². The van der Waals surface area contributed by atoms with Gasteiger partial charge in [-0.3, -0.25) is 4.55 Å². The van der Waals surface area contributed by atoms with Gasteiger partial charge >= 0.3 is 0 Å². The molecule has 3 nitrogen and oxygen atoms in total.